The molecule has 1 atom stereocenters. The molecule has 118 valence electrons. The molecule has 1 aromatic heterocycles. The van der Waals surface area contributed by atoms with Gasteiger partial charge in [0.25, 0.3) is 0 Å². The molecular weight excluding hydrogens is 260 g/mol. The number of aromatic nitrogens is 2. The van der Waals surface area contributed by atoms with Gasteiger partial charge in [0.1, 0.15) is 0 Å². The van der Waals surface area contributed by atoms with Crippen LogP contribution in [0.3, 0.4) is 0 Å². The lowest BCUT2D eigenvalue weighted by molar-refractivity contribution is 0.208. The minimum Gasteiger partial charge on any atom is -0.307 e. The zero-order chi connectivity index (χ0) is 15.4. The Bertz CT molecular complexity index is 477. The van der Waals surface area contributed by atoms with Crippen molar-refractivity contribution in [1.29, 1.82) is 0 Å². The van der Waals surface area contributed by atoms with Crippen LogP contribution in [0.15, 0.2) is 17.8 Å². The van der Waals surface area contributed by atoms with Gasteiger partial charge in [-0.25, -0.2) is 0 Å². The molecule has 0 saturated carbocycles. The third-order valence-electron chi connectivity index (χ3n) is 4.57. The fraction of sp³-hybridized carbons (Fsp3) is 0.706. The van der Waals surface area contributed by atoms with Gasteiger partial charge in [0.2, 0.25) is 0 Å². The monoisotopic (exact) mass is 290 g/mol. The molecule has 0 aliphatic carbocycles. The van der Waals surface area contributed by atoms with Crippen LogP contribution in [0.4, 0.5) is 0 Å². The van der Waals surface area contributed by atoms with E-state index in [0.29, 0.717) is 12.1 Å². The number of piperidine rings is 1. The third-order valence-corrected chi connectivity index (χ3v) is 4.57. The highest BCUT2D eigenvalue weighted by atomic mass is 15.3. The molecule has 0 bridgehead atoms. The second kappa shape index (κ2) is 7.23. The zero-order valence-corrected chi connectivity index (χ0v) is 14.2. The summed E-state index contributed by atoms with van der Waals surface area (Å²) < 4.78 is 1.95. The highest BCUT2D eigenvalue weighted by molar-refractivity contribution is 5.19. The van der Waals surface area contributed by atoms with Crippen LogP contribution >= 0.6 is 0 Å². The molecule has 1 aromatic rings. The number of aryl methyl sites for hydroxylation is 1. The number of rotatable bonds is 5. The van der Waals surface area contributed by atoms with E-state index in [4.69, 9.17) is 0 Å². The number of hydrogen-bond acceptors (Lipinski definition) is 3. The largest absolute Gasteiger partial charge is 0.307 e. The van der Waals surface area contributed by atoms with Crippen LogP contribution in [0.2, 0.25) is 0 Å². The molecule has 1 aliphatic heterocycles. The first-order valence-electron chi connectivity index (χ1n) is 8.07. The molecule has 1 N–H and O–H groups in total. The van der Waals surface area contributed by atoms with Gasteiger partial charge in [-0.1, -0.05) is 11.6 Å². The van der Waals surface area contributed by atoms with Crippen molar-refractivity contribution in [2.24, 2.45) is 7.05 Å². The topological polar surface area (TPSA) is 33.1 Å². The molecule has 1 aliphatic rings. The molecule has 0 aromatic carbocycles. The Morgan fingerprint density at radius 2 is 2.10 bits per heavy atom. The average Bonchev–Trinajstić information content (AvgIpc) is 2.78. The van der Waals surface area contributed by atoms with Crippen LogP contribution in [-0.4, -0.2) is 40.4 Å². The quantitative estimate of drug-likeness (QED) is 0.847. The van der Waals surface area contributed by atoms with Crippen LogP contribution in [0.25, 0.3) is 0 Å². The summed E-state index contributed by atoms with van der Waals surface area (Å²) in [5.41, 5.74) is 4.00. The lowest BCUT2D eigenvalue weighted by Crippen LogP contribution is -2.43. The molecule has 2 rings (SSSR count). The maximum Gasteiger partial charge on any atom is 0.0540 e. The van der Waals surface area contributed by atoms with Crippen molar-refractivity contribution in [1.82, 2.24) is 20.0 Å². The molecule has 2 heterocycles. The second-order valence-corrected chi connectivity index (χ2v) is 6.55. The zero-order valence-electron chi connectivity index (χ0n) is 14.2. The Balaban J connectivity index is 1.81. The van der Waals surface area contributed by atoms with Gasteiger partial charge in [-0.15, -0.1) is 0 Å². The molecule has 0 spiro atoms. The van der Waals surface area contributed by atoms with Crippen molar-refractivity contribution in [3.05, 3.63) is 29.1 Å². The maximum atomic E-state index is 4.35. The number of nitrogens with one attached hydrogen (secondary N) is 1. The van der Waals surface area contributed by atoms with Crippen LogP contribution in [-0.2, 0) is 7.05 Å². The van der Waals surface area contributed by atoms with E-state index in [1.807, 2.05) is 17.9 Å². The normalized spacial score (nSPS) is 18.7. The van der Waals surface area contributed by atoms with E-state index in [2.05, 4.69) is 49.1 Å². The summed E-state index contributed by atoms with van der Waals surface area (Å²) in [6.07, 6.45) is 6.80. The van der Waals surface area contributed by atoms with Crippen molar-refractivity contribution in [2.75, 3.05) is 19.6 Å². The van der Waals surface area contributed by atoms with Gasteiger partial charge in [0, 0.05) is 36.9 Å². The summed E-state index contributed by atoms with van der Waals surface area (Å²) in [5, 5.41) is 8.12. The van der Waals surface area contributed by atoms with Gasteiger partial charge in [-0.3, -0.25) is 9.58 Å². The Morgan fingerprint density at radius 3 is 2.62 bits per heavy atom. The van der Waals surface area contributed by atoms with E-state index in [-0.39, 0.29) is 0 Å². The van der Waals surface area contributed by atoms with Crippen LogP contribution in [0.5, 0.6) is 0 Å². The highest BCUT2D eigenvalue weighted by Crippen LogP contribution is 2.19. The van der Waals surface area contributed by atoms with E-state index in [1.165, 1.54) is 42.8 Å². The summed E-state index contributed by atoms with van der Waals surface area (Å²) in [6.45, 7) is 12.2. The summed E-state index contributed by atoms with van der Waals surface area (Å²) in [5.74, 6) is 0. The van der Waals surface area contributed by atoms with Gasteiger partial charge in [-0.05, 0) is 53.6 Å². The van der Waals surface area contributed by atoms with E-state index in [1.54, 1.807) is 0 Å². The summed E-state index contributed by atoms with van der Waals surface area (Å²) in [4.78, 5) is 2.55. The van der Waals surface area contributed by atoms with Crippen LogP contribution in [0.1, 0.15) is 50.9 Å². The Kier molecular flexibility index (Phi) is 5.59. The predicted octanol–water partition coefficient (Wildman–Crippen LogP) is 2.81. The number of likely N-dealkylation sites (tertiary alicyclic amines) is 1. The highest BCUT2D eigenvalue weighted by Gasteiger charge is 2.21. The minimum absolute atomic E-state index is 0.382. The summed E-state index contributed by atoms with van der Waals surface area (Å²) >= 11 is 0. The Hall–Kier alpha value is -1.13. The van der Waals surface area contributed by atoms with Crippen LogP contribution < -0.4 is 5.32 Å². The smallest absolute Gasteiger partial charge is 0.0540 e. The number of allylic oxidation sites excluding steroid dienone is 1. The first kappa shape index (κ1) is 16.2. The van der Waals surface area contributed by atoms with Crippen LogP contribution in [0, 0.1) is 6.92 Å². The third kappa shape index (κ3) is 4.42. The fourth-order valence-electron chi connectivity index (χ4n) is 2.98. The first-order chi connectivity index (χ1) is 9.97. The SMILES string of the molecule is CC(C)=CCN1CCC(NC(C)c2cnn(C)c2C)CC1. The molecular formula is C17H30N4. The minimum atomic E-state index is 0.382. The molecule has 1 unspecified atom stereocenters. The van der Waals surface area contributed by atoms with Gasteiger partial charge < -0.3 is 5.32 Å². The van der Waals surface area contributed by atoms with Crippen molar-refractivity contribution >= 4 is 0 Å². The molecule has 0 amide bonds. The molecule has 4 nitrogen and oxygen atoms in total. The molecule has 1 saturated heterocycles. The van der Waals surface area contributed by atoms with Gasteiger partial charge in [0.15, 0.2) is 0 Å². The van der Waals surface area contributed by atoms with E-state index in [9.17, 15) is 0 Å². The Labute approximate surface area is 129 Å². The Morgan fingerprint density at radius 1 is 1.43 bits per heavy atom. The van der Waals surface area contributed by atoms with Crippen molar-refractivity contribution < 1.29 is 0 Å². The van der Waals surface area contributed by atoms with Crippen molar-refractivity contribution in [3.63, 3.8) is 0 Å². The second-order valence-electron chi connectivity index (χ2n) is 6.55. The fourth-order valence-corrected chi connectivity index (χ4v) is 2.98. The van der Waals surface area contributed by atoms with Crippen molar-refractivity contribution in [3.8, 4) is 0 Å². The standard InChI is InChI=1S/C17H30N4/c1-13(2)6-9-21-10-7-16(8-11-21)19-14(3)17-12-18-20(5)15(17)4/h6,12,14,16,19H,7-11H2,1-5H3. The predicted molar refractivity (Wildman–Crippen MR) is 88.4 cm³/mol. The molecule has 0 radical (unpaired) electrons. The maximum absolute atomic E-state index is 4.35. The number of hydrogen-bond donors (Lipinski definition) is 1. The lowest BCUT2D eigenvalue weighted by Gasteiger charge is -2.33. The van der Waals surface area contributed by atoms with Gasteiger partial charge >= 0.3 is 0 Å². The van der Waals surface area contributed by atoms with E-state index < -0.39 is 0 Å². The van der Waals surface area contributed by atoms with Gasteiger partial charge in [-0.2, -0.15) is 5.10 Å². The summed E-state index contributed by atoms with van der Waals surface area (Å²) in [6, 6.07) is 1.01. The number of nitrogens with zero attached hydrogens (tertiary/aromatic N) is 3. The first-order valence-corrected chi connectivity index (χ1v) is 8.07. The molecule has 21 heavy (non-hydrogen) atoms. The van der Waals surface area contributed by atoms with Crippen molar-refractivity contribution in [2.45, 2.75) is 52.6 Å². The lowest BCUT2D eigenvalue weighted by atomic mass is 10.0. The van der Waals surface area contributed by atoms with E-state index >= 15 is 0 Å². The average molecular weight is 290 g/mol. The van der Waals surface area contributed by atoms with Gasteiger partial charge in [0.05, 0.1) is 6.20 Å². The summed E-state index contributed by atoms with van der Waals surface area (Å²) in [7, 11) is 2.01. The molecule has 4 heteroatoms. The molecule has 1 fully saturated rings. The van der Waals surface area contributed by atoms with E-state index in [0.717, 1.165) is 6.54 Å².